The lowest BCUT2D eigenvalue weighted by Crippen LogP contribution is -2.28. The predicted molar refractivity (Wildman–Crippen MR) is 161 cm³/mol. The van der Waals surface area contributed by atoms with Gasteiger partial charge in [-0.2, -0.15) is 5.26 Å². The van der Waals surface area contributed by atoms with Crippen LogP contribution in [0.1, 0.15) is 59.8 Å². The molecule has 0 amide bonds. The number of nitrogens with one attached hydrogen (secondary N) is 1. The minimum Gasteiger partial charge on any atom is -0.488 e. The number of aryl methyl sites for hydroxylation is 1. The number of nitrogens with zero attached hydrogens (tertiary/aromatic N) is 2. The van der Waals surface area contributed by atoms with Crippen LogP contribution in [0.3, 0.4) is 0 Å². The van der Waals surface area contributed by atoms with E-state index < -0.39 is 0 Å². The first kappa shape index (κ1) is 28.6. The Balaban J connectivity index is 1.42. The lowest BCUT2D eigenvalue weighted by Gasteiger charge is -2.20. The number of benzene rings is 3. The maximum atomic E-state index is 9.47. The number of ether oxygens (including phenoxy) is 2. The van der Waals surface area contributed by atoms with Crippen LogP contribution >= 0.6 is 11.6 Å². The average Bonchev–Trinajstić information content (AvgIpc) is 3.43. The summed E-state index contributed by atoms with van der Waals surface area (Å²) >= 11 is 6.78. The number of fused-ring (bicyclic) bond motifs is 1. The Morgan fingerprint density at radius 1 is 1.07 bits per heavy atom. The summed E-state index contributed by atoms with van der Waals surface area (Å²) in [6.07, 6.45) is 5.85. The molecular formula is C34H34ClN3O3. The summed E-state index contributed by atoms with van der Waals surface area (Å²) in [4.78, 5) is 4.13. The highest BCUT2D eigenvalue weighted by molar-refractivity contribution is 6.32. The van der Waals surface area contributed by atoms with Crippen molar-refractivity contribution in [3.63, 3.8) is 0 Å². The van der Waals surface area contributed by atoms with Gasteiger partial charge in [0.25, 0.3) is 0 Å². The quantitative estimate of drug-likeness (QED) is 0.204. The van der Waals surface area contributed by atoms with Gasteiger partial charge in [-0.25, -0.2) is 0 Å². The standard InChI is InChI=1S/C34H34ClN3O3/c1-3-25-7-4-5-8-27(25)28-9-6-10-30-29(28)11-12-32(30)41-34-15-33(26(14-31(34)35)19-38-22(2)20-39)40-21-24-13-23(16-36)17-37-18-24/h4-10,13-15,17-18,22,32,38-39H,3,11-12,19-21H2,1-2H3/t22-,32+/m1/s1. The van der Waals surface area contributed by atoms with Gasteiger partial charge in [0, 0.05) is 42.2 Å². The van der Waals surface area contributed by atoms with Gasteiger partial charge in [0.1, 0.15) is 30.3 Å². The smallest absolute Gasteiger partial charge is 0.142 e. The van der Waals surface area contributed by atoms with Crippen LogP contribution in [-0.4, -0.2) is 22.7 Å². The molecule has 4 aromatic rings. The highest BCUT2D eigenvalue weighted by atomic mass is 35.5. The SMILES string of the molecule is CCc1ccccc1-c1cccc2c1CC[C@@H]2Oc1cc(OCc2cncc(C#N)c2)c(CN[C@H](C)CO)cc1Cl. The molecule has 1 aliphatic rings. The fourth-order valence-corrected chi connectivity index (χ4v) is 5.54. The summed E-state index contributed by atoms with van der Waals surface area (Å²) < 4.78 is 12.8. The highest BCUT2D eigenvalue weighted by Gasteiger charge is 2.28. The van der Waals surface area contributed by atoms with Gasteiger partial charge in [-0.3, -0.25) is 4.98 Å². The van der Waals surface area contributed by atoms with Crippen molar-refractivity contribution in [2.24, 2.45) is 0 Å². The summed E-state index contributed by atoms with van der Waals surface area (Å²) in [6, 6.07) is 22.6. The molecule has 0 saturated heterocycles. The molecule has 2 atom stereocenters. The van der Waals surface area contributed by atoms with E-state index in [9.17, 15) is 10.4 Å². The number of aliphatic hydroxyl groups is 1. The minimum absolute atomic E-state index is 0.0174. The van der Waals surface area contributed by atoms with Crippen molar-refractivity contribution in [1.82, 2.24) is 10.3 Å². The van der Waals surface area contributed by atoms with E-state index in [1.54, 1.807) is 12.3 Å². The van der Waals surface area contributed by atoms with Crippen LogP contribution < -0.4 is 14.8 Å². The van der Waals surface area contributed by atoms with Gasteiger partial charge in [0.05, 0.1) is 17.2 Å². The van der Waals surface area contributed by atoms with Crippen LogP contribution in [0.5, 0.6) is 11.5 Å². The van der Waals surface area contributed by atoms with Gasteiger partial charge in [-0.1, -0.05) is 61.0 Å². The highest BCUT2D eigenvalue weighted by Crippen LogP contribution is 2.43. The number of hydrogen-bond donors (Lipinski definition) is 2. The normalized spacial score (nSPS) is 14.8. The Morgan fingerprint density at radius 3 is 2.71 bits per heavy atom. The maximum Gasteiger partial charge on any atom is 0.142 e. The Labute approximate surface area is 246 Å². The zero-order valence-electron chi connectivity index (χ0n) is 23.4. The monoisotopic (exact) mass is 567 g/mol. The van der Waals surface area contributed by atoms with Crippen molar-refractivity contribution in [3.05, 3.63) is 111 Å². The van der Waals surface area contributed by atoms with Crippen LogP contribution in [0, 0.1) is 11.3 Å². The molecule has 5 rings (SSSR count). The van der Waals surface area contributed by atoms with Crippen LogP contribution in [0.15, 0.2) is 73.1 Å². The molecule has 0 aliphatic heterocycles. The Bertz CT molecular complexity index is 1570. The molecule has 1 heterocycles. The number of rotatable bonds is 11. The Hall–Kier alpha value is -3.89. The molecule has 0 bridgehead atoms. The van der Waals surface area contributed by atoms with Crippen molar-refractivity contribution in [3.8, 4) is 28.7 Å². The van der Waals surface area contributed by atoms with Gasteiger partial charge in [-0.15, -0.1) is 0 Å². The second kappa shape index (κ2) is 13.2. The third-order valence-electron chi connectivity index (χ3n) is 7.52. The van der Waals surface area contributed by atoms with Gasteiger partial charge >= 0.3 is 0 Å². The second-order valence-electron chi connectivity index (χ2n) is 10.4. The molecule has 210 valence electrons. The first-order valence-corrected chi connectivity index (χ1v) is 14.4. The van der Waals surface area contributed by atoms with E-state index in [0.29, 0.717) is 28.6 Å². The first-order chi connectivity index (χ1) is 20.0. The van der Waals surface area contributed by atoms with Gasteiger partial charge < -0.3 is 19.9 Å². The molecule has 3 aromatic carbocycles. The fourth-order valence-electron chi connectivity index (χ4n) is 5.31. The lowest BCUT2D eigenvalue weighted by atomic mass is 9.92. The van der Waals surface area contributed by atoms with E-state index >= 15 is 0 Å². The van der Waals surface area contributed by atoms with E-state index in [0.717, 1.165) is 30.4 Å². The minimum atomic E-state index is -0.126. The van der Waals surface area contributed by atoms with Crippen molar-refractivity contribution >= 4 is 11.6 Å². The summed E-state index contributed by atoms with van der Waals surface area (Å²) in [6.45, 7) is 4.81. The van der Waals surface area contributed by atoms with Crippen molar-refractivity contribution in [2.45, 2.75) is 58.4 Å². The summed E-state index contributed by atoms with van der Waals surface area (Å²) in [7, 11) is 0. The van der Waals surface area contributed by atoms with Crippen LogP contribution in [0.4, 0.5) is 0 Å². The van der Waals surface area contributed by atoms with E-state index in [2.05, 4.69) is 65.8 Å². The number of aromatic nitrogens is 1. The van der Waals surface area contributed by atoms with E-state index in [-0.39, 0.29) is 25.4 Å². The number of halogens is 1. The molecule has 41 heavy (non-hydrogen) atoms. The van der Waals surface area contributed by atoms with Crippen molar-refractivity contribution < 1.29 is 14.6 Å². The molecule has 7 heteroatoms. The molecule has 0 spiro atoms. The van der Waals surface area contributed by atoms with Crippen LogP contribution in [0.25, 0.3) is 11.1 Å². The number of aliphatic hydroxyl groups excluding tert-OH is 1. The molecule has 2 N–H and O–H groups in total. The Morgan fingerprint density at radius 2 is 1.90 bits per heavy atom. The van der Waals surface area contributed by atoms with Gasteiger partial charge in [0.15, 0.2) is 0 Å². The number of hydrogen-bond acceptors (Lipinski definition) is 6. The van der Waals surface area contributed by atoms with E-state index in [4.69, 9.17) is 21.1 Å². The zero-order valence-corrected chi connectivity index (χ0v) is 24.1. The Kier molecular flexibility index (Phi) is 9.21. The third-order valence-corrected chi connectivity index (χ3v) is 7.82. The predicted octanol–water partition coefficient (Wildman–Crippen LogP) is 6.95. The summed E-state index contributed by atoms with van der Waals surface area (Å²) in [5.41, 5.74) is 8.52. The van der Waals surface area contributed by atoms with Crippen LogP contribution in [0.2, 0.25) is 5.02 Å². The molecule has 0 fully saturated rings. The average molecular weight is 568 g/mol. The lowest BCUT2D eigenvalue weighted by molar-refractivity contribution is 0.205. The topological polar surface area (TPSA) is 87.4 Å². The van der Waals surface area contributed by atoms with Gasteiger partial charge in [-0.05, 0) is 66.1 Å². The van der Waals surface area contributed by atoms with E-state index in [1.807, 2.05) is 19.1 Å². The van der Waals surface area contributed by atoms with Gasteiger partial charge in [0.2, 0.25) is 0 Å². The summed E-state index contributed by atoms with van der Waals surface area (Å²) in [5, 5.41) is 22.5. The number of pyridine rings is 1. The first-order valence-electron chi connectivity index (χ1n) is 14.0. The summed E-state index contributed by atoms with van der Waals surface area (Å²) in [5.74, 6) is 1.18. The fraction of sp³-hybridized carbons (Fsp3) is 0.294. The van der Waals surface area contributed by atoms with Crippen molar-refractivity contribution in [1.29, 1.82) is 5.26 Å². The second-order valence-corrected chi connectivity index (χ2v) is 10.8. The van der Waals surface area contributed by atoms with E-state index in [1.165, 1.54) is 34.0 Å². The largest absolute Gasteiger partial charge is 0.488 e. The zero-order chi connectivity index (χ0) is 28.8. The molecule has 1 aromatic heterocycles. The molecule has 6 nitrogen and oxygen atoms in total. The van der Waals surface area contributed by atoms with Crippen molar-refractivity contribution in [2.75, 3.05) is 6.61 Å². The number of nitriles is 1. The van der Waals surface area contributed by atoms with Crippen LogP contribution in [-0.2, 0) is 26.0 Å². The molecule has 0 saturated carbocycles. The molecule has 0 unspecified atom stereocenters. The molecule has 1 aliphatic carbocycles. The molecule has 0 radical (unpaired) electrons. The molecular weight excluding hydrogens is 534 g/mol. The third kappa shape index (κ3) is 6.55. The maximum absolute atomic E-state index is 9.47.